The molecule has 0 aliphatic rings. The monoisotopic (exact) mass is 377 g/mol. The average molecular weight is 379 g/mol. The molecular formula is C12H13BrClN3O2S. The van der Waals surface area contributed by atoms with Gasteiger partial charge in [-0.25, -0.2) is 8.42 Å². The molecule has 5 nitrogen and oxygen atoms in total. The maximum absolute atomic E-state index is 12.4. The van der Waals surface area contributed by atoms with Crippen molar-refractivity contribution >= 4 is 37.6 Å². The smallest absolute Gasteiger partial charge is 0.243 e. The van der Waals surface area contributed by atoms with Crippen molar-refractivity contribution in [1.82, 2.24) is 14.1 Å². The lowest BCUT2D eigenvalue weighted by Gasteiger charge is -2.17. The van der Waals surface area contributed by atoms with E-state index in [0.29, 0.717) is 10.7 Å². The number of aromatic nitrogens is 2. The Kier molecular flexibility index (Phi) is 4.53. The topological polar surface area (TPSA) is 55.2 Å². The van der Waals surface area contributed by atoms with Gasteiger partial charge in [0.15, 0.2) is 0 Å². The zero-order valence-corrected chi connectivity index (χ0v) is 14.1. The van der Waals surface area contributed by atoms with Crippen LogP contribution in [0.5, 0.6) is 0 Å². The molecule has 0 radical (unpaired) electrons. The van der Waals surface area contributed by atoms with Crippen molar-refractivity contribution in [3.8, 4) is 0 Å². The Morgan fingerprint density at radius 1 is 1.35 bits per heavy atom. The molecule has 0 unspecified atom stereocenters. The van der Waals surface area contributed by atoms with E-state index in [4.69, 9.17) is 11.6 Å². The third-order valence-electron chi connectivity index (χ3n) is 2.90. The van der Waals surface area contributed by atoms with Gasteiger partial charge in [0.2, 0.25) is 10.0 Å². The number of nitrogens with zero attached hydrogens (tertiary/aromatic N) is 3. The molecule has 0 amide bonds. The highest BCUT2D eigenvalue weighted by molar-refractivity contribution is 9.10. The number of aryl methyl sites for hydroxylation is 1. The van der Waals surface area contributed by atoms with Crippen molar-refractivity contribution in [3.63, 3.8) is 0 Å². The van der Waals surface area contributed by atoms with E-state index in [1.54, 1.807) is 36.0 Å². The van der Waals surface area contributed by atoms with Gasteiger partial charge in [-0.3, -0.25) is 4.68 Å². The largest absolute Gasteiger partial charge is 0.270 e. The van der Waals surface area contributed by atoms with Crippen molar-refractivity contribution in [1.29, 1.82) is 0 Å². The summed E-state index contributed by atoms with van der Waals surface area (Å²) in [4.78, 5) is 0.237. The second-order valence-electron chi connectivity index (χ2n) is 4.28. The molecule has 2 aromatic rings. The molecule has 0 saturated carbocycles. The third kappa shape index (κ3) is 3.06. The number of rotatable bonds is 4. The summed E-state index contributed by atoms with van der Waals surface area (Å²) in [6, 6.07) is 6.50. The minimum atomic E-state index is -3.55. The Labute approximate surface area is 131 Å². The molecule has 20 heavy (non-hydrogen) atoms. The molecule has 8 heteroatoms. The number of benzene rings is 1. The summed E-state index contributed by atoms with van der Waals surface area (Å²) in [5.41, 5.74) is 0.648. The highest BCUT2D eigenvalue weighted by Gasteiger charge is 2.22. The Morgan fingerprint density at radius 2 is 1.95 bits per heavy atom. The van der Waals surface area contributed by atoms with Crippen molar-refractivity contribution in [2.24, 2.45) is 7.05 Å². The lowest BCUT2D eigenvalue weighted by molar-refractivity contribution is 0.453. The fraction of sp³-hybridized carbons (Fsp3) is 0.250. The molecule has 0 N–H and O–H groups in total. The van der Waals surface area contributed by atoms with E-state index < -0.39 is 10.0 Å². The minimum absolute atomic E-state index is 0.160. The summed E-state index contributed by atoms with van der Waals surface area (Å²) < 4.78 is 28.5. The number of hydrogen-bond donors (Lipinski definition) is 0. The predicted molar refractivity (Wildman–Crippen MR) is 81.0 cm³/mol. The van der Waals surface area contributed by atoms with E-state index in [9.17, 15) is 8.42 Å². The van der Waals surface area contributed by atoms with Crippen LogP contribution in [0.4, 0.5) is 0 Å². The van der Waals surface area contributed by atoms with Crippen molar-refractivity contribution < 1.29 is 8.42 Å². The van der Waals surface area contributed by atoms with Gasteiger partial charge in [-0.05, 0) is 24.3 Å². The maximum atomic E-state index is 12.4. The first-order chi connectivity index (χ1) is 9.32. The number of sulfonamides is 1. The van der Waals surface area contributed by atoms with E-state index in [1.807, 2.05) is 0 Å². The van der Waals surface area contributed by atoms with E-state index in [2.05, 4.69) is 21.0 Å². The maximum Gasteiger partial charge on any atom is 0.243 e. The third-order valence-corrected chi connectivity index (χ3v) is 5.57. The summed E-state index contributed by atoms with van der Waals surface area (Å²) in [5, 5.41) is 4.44. The van der Waals surface area contributed by atoms with E-state index >= 15 is 0 Å². The summed E-state index contributed by atoms with van der Waals surface area (Å²) in [7, 11) is -0.314. The molecule has 0 aliphatic carbocycles. The molecule has 0 saturated heterocycles. The molecular weight excluding hydrogens is 366 g/mol. The van der Waals surface area contributed by atoms with Crippen LogP contribution < -0.4 is 0 Å². The Morgan fingerprint density at radius 3 is 2.45 bits per heavy atom. The second kappa shape index (κ2) is 5.85. The summed E-state index contributed by atoms with van der Waals surface area (Å²) >= 11 is 9.27. The van der Waals surface area contributed by atoms with Crippen LogP contribution in [0.15, 0.2) is 39.8 Å². The van der Waals surface area contributed by atoms with Gasteiger partial charge in [-0.1, -0.05) is 27.5 Å². The highest BCUT2D eigenvalue weighted by Crippen LogP contribution is 2.21. The molecule has 1 heterocycles. The van der Waals surface area contributed by atoms with Gasteiger partial charge in [0.1, 0.15) is 0 Å². The molecule has 2 rings (SSSR count). The quantitative estimate of drug-likeness (QED) is 0.822. The van der Waals surface area contributed by atoms with Crippen molar-refractivity contribution in [3.05, 3.63) is 45.7 Å². The predicted octanol–water partition coefficient (Wildman–Crippen LogP) is 2.66. The van der Waals surface area contributed by atoms with Crippen LogP contribution in [0.3, 0.4) is 0 Å². The van der Waals surface area contributed by atoms with Crippen molar-refractivity contribution in [2.75, 3.05) is 7.05 Å². The second-order valence-corrected chi connectivity index (χ2v) is 7.65. The Bertz CT molecular complexity index is 693. The van der Waals surface area contributed by atoms with Crippen LogP contribution in [0.2, 0.25) is 5.02 Å². The molecule has 0 bridgehead atoms. The normalized spacial score (nSPS) is 12.1. The molecule has 1 aromatic heterocycles. The standard InChI is InChI=1S/C12H13BrClN3O2S/c1-16(8-12-11(14)7-15-17(12)2)20(18,19)10-5-3-9(13)4-6-10/h3-7H,8H2,1-2H3. The van der Waals surface area contributed by atoms with Gasteiger partial charge in [0.25, 0.3) is 0 Å². The average Bonchev–Trinajstić information content (AvgIpc) is 2.71. The molecule has 0 spiro atoms. The zero-order chi connectivity index (χ0) is 14.9. The van der Waals surface area contributed by atoms with E-state index in [-0.39, 0.29) is 11.4 Å². The molecule has 108 valence electrons. The first kappa shape index (κ1) is 15.5. The zero-order valence-electron chi connectivity index (χ0n) is 10.9. The number of halogens is 2. The van der Waals surface area contributed by atoms with Crippen LogP contribution in [0.25, 0.3) is 0 Å². The first-order valence-corrected chi connectivity index (χ1v) is 8.32. The van der Waals surface area contributed by atoms with Gasteiger partial charge in [-0.15, -0.1) is 0 Å². The summed E-state index contributed by atoms with van der Waals surface area (Å²) in [6.45, 7) is 0.160. The van der Waals surface area contributed by atoms with Crippen molar-refractivity contribution in [2.45, 2.75) is 11.4 Å². The minimum Gasteiger partial charge on any atom is -0.270 e. The van der Waals surface area contributed by atoms with Gasteiger partial charge < -0.3 is 0 Å². The highest BCUT2D eigenvalue weighted by atomic mass is 79.9. The Hall–Kier alpha value is -0.890. The fourth-order valence-corrected chi connectivity index (χ4v) is 3.32. The molecule has 0 atom stereocenters. The molecule has 0 fully saturated rings. The Balaban J connectivity index is 2.28. The van der Waals surface area contributed by atoms with Crippen LogP contribution in [-0.4, -0.2) is 29.6 Å². The SMILES string of the molecule is CN(Cc1c(Cl)cnn1C)S(=O)(=O)c1ccc(Br)cc1. The summed E-state index contributed by atoms with van der Waals surface area (Å²) in [6.07, 6.45) is 1.50. The van der Waals surface area contributed by atoms with Crippen LogP contribution in [0.1, 0.15) is 5.69 Å². The van der Waals surface area contributed by atoms with Gasteiger partial charge in [0, 0.05) is 18.6 Å². The number of hydrogen-bond acceptors (Lipinski definition) is 3. The first-order valence-electron chi connectivity index (χ1n) is 5.70. The van der Waals surface area contributed by atoms with Crippen LogP contribution >= 0.6 is 27.5 Å². The summed E-state index contributed by atoms with van der Waals surface area (Å²) in [5.74, 6) is 0. The van der Waals surface area contributed by atoms with E-state index in [0.717, 1.165) is 4.47 Å². The molecule has 1 aromatic carbocycles. The van der Waals surface area contributed by atoms with Gasteiger partial charge in [-0.2, -0.15) is 9.40 Å². The van der Waals surface area contributed by atoms with Gasteiger partial charge in [0.05, 0.1) is 28.4 Å². The van der Waals surface area contributed by atoms with E-state index in [1.165, 1.54) is 17.5 Å². The van der Waals surface area contributed by atoms with Gasteiger partial charge >= 0.3 is 0 Å². The molecule has 0 aliphatic heterocycles. The van der Waals surface area contributed by atoms with Crippen LogP contribution in [-0.2, 0) is 23.6 Å². The lowest BCUT2D eigenvalue weighted by atomic mass is 10.4. The van der Waals surface area contributed by atoms with Crippen LogP contribution in [0, 0.1) is 0 Å². The lowest BCUT2D eigenvalue weighted by Crippen LogP contribution is -2.27. The fourth-order valence-electron chi connectivity index (χ4n) is 1.70.